The van der Waals surface area contributed by atoms with Crippen LogP contribution in [0.2, 0.25) is 5.02 Å². The minimum absolute atomic E-state index is 0.0130. The average molecular weight is 281 g/mol. The molecule has 2 aromatic rings. The molecule has 0 aliphatic heterocycles. The molecular weight excluding hydrogens is 271 g/mol. The van der Waals surface area contributed by atoms with Crippen molar-refractivity contribution in [3.8, 4) is 0 Å². The van der Waals surface area contributed by atoms with Gasteiger partial charge in [0.15, 0.2) is 0 Å². The van der Waals surface area contributed by atoms with Crippen molar-refractivity contribution < 1.29 is 9.18 Å². The van der Waals surface area contributed by atoms with Crippen LogP contribution in [0.25, 0.3) is 0 Å². The van der Waals surface area contributed by atoms with Gasteiger partial charge in [0.25, 0.3) is 5.91 Å². The lowest BCUT2D eigenvalue weighted by atomic mass is 10.2. The van der Waals surface area contributed by atoms with Crippen molar-refractivity contribution in [1.29, 1.82) is 0 Å². The Kier molecular flexibility index (Phi) is 3.91. The van der Waals surface area contributed by atoms with E-state index in [1.54, 1.807) is 0 Å². The van der Waals surface area contributed by atoms with Crippen LogP contribution >= 0.6 is 11.6 Å². The fraction of sp³-hybridized carbons (Fsp3) is 0.0833. The monoisotopic (exact) mass is 280 g/mol. The van der Waals surface area contributed by atoms with E-state index in [1.807, 2.05) is 0 Å². The molecule has 0 aliphatic rings. The third kappa shape index (κ3) is 3.38. The standard InChI is InChI=1S/C12H10ClFN4O/c13-8-3-7(1-2-9(8)14)4-18-12(19)10-5-17-11(15)6-16-10/h1-3,5-6H,4H2,(H2,15,17)(H,18,19). The maximum Gasteiger partial charge on any atom is 0.271 e. The summed E-state index contributed by atoms with van der Waals surface area (Å²) in [5.74, 6) is -0.657. The SMILES string of the molecule is Nc1cnc(C(=O)NCc2ccc(F)c(Cl)c2)cn1. The Labute approximate surface area is 113 Å². The molecule has 2 rings (SSSR count). The normalized spacial score (nSPS) is 10.2. The highest BCUT2D eigenvalue weighted by Crippen LogP contribution is 2.15. The summed E-state index contributed by atoms with van der Waals surface area (Å²) < 4.78 is 13.0. The first-order chi connectivity index (χ1) is 9.06. The summed E-state index contributed by atoms with van der Waals surface area (Å²) in [7, 11) is 0. The van der Waals surface area contributed by atoms with Crippen LogP contribution in [0.1, 0.15) is 16.1 Å². The van der Waals surface area contributed by atoms with Crippen LogP contribution in [-0.4, -0.2) is 15.9 Å². The number of carbonyl (C=O) groups excluding carboxylic acids is 1. The number of hydrogen-bond donors (Lipinski definition) is 2. The Bertz CT molecular complexity index is 603. The minimum atomic E-state index is -0.499. The predicted molar refractivity (Wildman–Crippen MR) is 69.0 cm³/mol. The number of aromatic nitrogens is 2. The Morgan fingerprint density at radius 3 is 2.79 bits per heavy atom. The van der Waals surface area contributed by atoms with E-state index in [4.69, 9.17) is 17.3 Å². The van der Waals surface area contributed by atoms with E-state index in [2.05, 4.69) is 15.3 Å². The van der Waals surface area contributed by atoms with E-state index in [0.717, 1.165) is 0 Å². The van der Waals surface area contributed by atoms with Gasteiger partial charge >= 0.3 is 0 Å². The summed E-state index contributed by atoms with van der Waals surface area (Å²) in [5, 5.41) is 2.63. The molecule has 0 spiro atoms. The van der Waals surface area contributed by atoms with Gasteiger partial charge in [0.05, 0.1) is 17.4 Å². The van der Waals surface area contributed by atoms with Gasteiger partial charge in [0.2, 0.25) is 0 Å². The molecule has 0 aliphatic carbocycles. The highest BCUT2D eigenvalue weighted by Gasteiger charge is 2.08. The summed E-state index contributed by atoms with van der Waals surface area (Å²) >= 11 is 5.64. The van der Waals surface area contributed by atoms with E-state index >= 15 is 0 Å². The number of rotatable bonds is 3. The molecule has 3 N–H and O–H groups in total. The molecule has 7 heteroatoms. The van der Waals surface area contributed by atoms with Gasteiger partial charge in [-0.2, -0.15) is 0 Å². The number of amides is 1. The topological polar surface area (TPSA) is 80.9 Å². The van der Waals surface area contributed by atoms with Crippen LogP contribution < -0.4 is 11.1 Å². The van der Waals surface area contributed by atoms with Crippen molar-refractivity contribution in [3.05, 3.63) is 52.7 Å². The summed E-state index contributed by atoms with van der Waals surface area (Å²) in [4.78, 5) is 19.3. The first kappa shape index (κ1) is 13.2. The fourth-order valence-corrected chi connectivity index (χ4v) is 1.58. The van der Waals surface area contributed by atoms with Gasteiger partial charge in [-0.25, -0.2) is 14.4 Å². The number of nitrogens with zero attached hydrogens (tertiary/aromatic N) is 2. The number of nitrogens with one attached hydrogen (secondary N) is 1. The smallest absolute Gasteiger partial charge is 0.271 e. The Hall–Kier alpha value is -2.21. The number of halogens is 2. The molecule has 19 heavy (non-hydrogen) atoms. The maximum absolute atomic E-state index is 13.0. The zero-order chi connectivity index (χ0) is 13.8. The maximum atomic E-state index is 13.0. The Morgan fingerprint density at radius 2 is 2.16 bits per heavy atom. The molecule has 98 valence electrons. The first-order valence-corrected chi connectivity index (χ1v) is 5.73. The Balaban J connectivity index is 2.00. The molecule has 0 saturated heterocycles. The molecule has 0 radical (unpaired) electrons. The van der Waals surface area contributed by atoms with Gasteiger partial charge in [-0.3, -0.25) is 4.79 Å². The number of nitrogens with two attached hydrogens (primary N) is 1. The van der Waals surface area contributed by atoms with Gasteiger partial charge in [-0.15, -0.1) is 0 Å². The van der Waals surface area contributed by atoms with Crippen LogP contribution in [0.5, 0.6) is 0 Å². The van der Waals surface area contributed by atoms with Crippen molar-refractivity contribution in [3.63, 3.8) is 0 Å². The minimum Gasteiger partial charge on any atom is -0.382 e. The molecule has 1 aromatic carbocycles. The number of hydrogen-bond acceptors (Lipinski definition) is 4. The van der Waals surface area contributed by atoms with Gasteiger partial charge < -0.3 is 11.1 Å². The number of carbonyl (C=O) groups is 1. The second-order valence-electron chi connectivity index (χ2n) is 3.76. The van der Waals surface area contributed by atoms with E-state index in [1.165, 1.54) is 30.6 Å². The lowest BCUT2D eigenvalue weighted by Gasteiger charge is -2.05. The first-order valence-electron chi connectivity index (χ1n) is 5.36. The van der Waals surface area contributed by atoms with Crippen LogP contribution in [0.4, 0.5) is 10.2 Å². The molecule has 0 saturated carbocycles. The number of anilines is 1. The summed E-state index contributed by atoms with van der Waals surface area (Å²) in [6.45, 7) is 0.213. The molecule has 1 amide bonds. The zero-order valence-electron chi connectivity index (χ0n) is 9.73. The molecule has 0 unspecified atom stereocenters. The largest absolute Gasteiger partial charge is 0.382 e. The molecule has 1 heterocycles. The van der Waals surface area contributed by atoms with Gasteiger partial charge in [0.1, 0.15) is 17.3 Å². The van der Waals surface area contributed by atoms with Crippen molar-refractivity contribution in [1.82, 2.24) is 15.3 Å². The zero-order valence-corrected chi connectivity index (χ0v) is 10.5. The molecule has 5 nitrogen and oxygen atoms in total. The van der Waals surface area contributed by atoms with Crippen molar-refractivity contribution in [2.75, 3.05) is 5.73 Å². The van der Waals surface area contributed by atoms with E-state index in [0.29, 0.717) is 5.56 Å². The lowest BCUT2D eigenvalue weighted by molar-refractivity contribution is 0.0945. The quantitative estimate of drug-likeness (QED) is 0.898. The van der Waals surface area contributed by atoms with Gasteiger partial charge in [0, 0.05) is 6.54 Å². The van der Waals surface area contributed by atoms with Crippen molar-refractivity contribution in [2.45, 2.75) is 6.54 Å². The Morgan fingerprint density at radius 1 is 1.37 bits per heavy atom. The fourth-order valence-electron chi connectivity index (χ4n) is 1.38. The molecular formula is C12H10ClFN4O. The second kappa shape index (κ2) is 5.62. The van der Waals surface area contributed by atoms with E-state index in [9.17, 15) is 9.18 Å². The van der Waals surface area contributed by atoms with E-state index in [-0.39, 0.29) is 23.1 Å². The molecule has 0 bridgehead atoms. The van der Waals surface area contributed by atoms with Crippen LogP contribution in [0.15, 0.2) is 30.6 Å². The van der Waals surface area contributed by atoms with Crippen molar-refractivity contribution in [2.24, 2.45) is 0 Å². The predicted octanol–water partition coefficient (Wildman–Crippen LogP) is 1.78. The molecule has 0 fully saturated rings. The van der Waals surface area contributed by atoms with Crippen molar-refractivity contribution >= 4 is 23.3 Å². The average Bonchev–Trinajstić information content (AvgIpc) is 2.40. The highest BCUT2D eigenvalue weighted by molar-refractivity contribution is 6.30. The molecule has 0 atom stereocenters. The van der Waals surface area contributed by atoms with Crippen LogP contribution in [-0.2, 0) is 6.54 Å². The van der Waals surface area contributed by atoms with Gasteiger partial charge in [-0.05, 0) is 17.7 Å². The number of nitrogen functional groups attached to an aromatic ring is 1. The number of benzene rings is 1. The molecule has 1 aromatic heterocycles. The third-order valence-electron chi connectivity index (χ3n) is 2.34. The van der Waals surface area contributed by atoms with E-state index < -0.39 is 11.7 Å². The van der Waals surface area contributed by atoms with Crippen LogP contribution in [0, 0.1) is 5.82 Å². The highest BCUT2D eigenvalue weighted by atomic mass is 35.5. The van der Waals surface area contributed by atoms with Gasteiger partial charge in [-0.1, -0.05) is 17.7 Å². The second-order valence-corrected chi connectivity index (χ2v) is 4.16. The van der Waals surface area contributed by atoms with Crippen LogP contribution in [0.3, 0.4) is 0 Å². The lowest BCUT2D eigenvalue weighted by Crippen LogP contribution is -2.24. The summed E-state index contributed by atoms with van der Waals surface area (Å²) in [5.41, 5.74) is 6.21. The summed E-state index contributed by atoms with van der Waals surface area (Å²) in [6, 6.07) is 4.23. The summed E-state index contributed by atoms with van der Waals surface area (Å²) in [6.07, 6.45) is 2.58. The third-order valence-corrected chi connectivity index (χ3v) is 2.63.